The third-order valence-electron chi connectivity index (χ3n) is 3.52. The highest BCUT2D eigenvalue weighted by atomic mass is 19.4. The average Bonchev–Trinajstić information content (AvgIpc) is 2.48. The molecule has 0 amide bonds. The van der Waals surface area contributed by atoms with Crippen LogP contribution >= 0.6 is 0 Å². The molecular weight excluding hydrogens is 309 g/mol. The van der Waals surface area contributed by atoms with Crippen LogP contribution in [0, 0.1) is 0 Å². The molecule has 0 N–H and O–H groups in total. The van der Waals surface area contributed by atoms with Crippen molar-refractivity contribution in [2.24, 2.45) is 0 Å². The molecule has 0 unspecified atom stereocenters. The number of ketones is 1. The zero-order chi connectivity index (χ0) is 16.4. The van der Waals surface area contributed by atoms with E-state index in [1.54, 1.807) is 18.2 Å². The van der Waals surface area contributed by atoms with E-state index in [2.05, 4.69) is 4.74 Å². The summed E-state index contributed by atoms with van der Waals surface area (Å²) in [5.41, 5.74) is 1.66. The summed E-state index contributed by atoms with van der Waals surface area (Å²) in [6.07, 6.45) is -2.52. The van der Waals surface area contributed by atoms with Crippen molar-refractivity contribution < 1.29 is 27.4 Å². The zero-order valence-corrected chi connectivity index (χ0v) is 12.0. The van der Waals surface area contributed by atoms with E-state index in [4.69, 9.17) is 4.74 Å². The number of hydrogen-bond acceptors (Lipinski definition) is 3. The third-order valence-corrected chi connectivity index (χ3v) is 3.52. The second kappa shape index (κ2) is 5.95. The lowest BCUT2D eigenvalue weighted by molar-refractivity contribution is -0.274. The van der Waals surface area contributed by atoms with Gasteiger partial charge in [0.2, 0.25) is 0 Å². The van der Waals surface area contributed by atoms with Crippen molar-refractivity contribution in [3.05, 3.63) is 53.6 Å². The minimum absolute atomic E-state index is 0.131. The first-order valence-electron chi connectivity index (χ1n) is 7.10. The van der Waals surface area contributed by atoms with Crippen LogP contribution in [0.3, 0.4) is 0 Å². The first kappa shape index (κ1) is 15.4. The molecule has 0 atom stereocenters. The quantitative estimate of drug-likeness (QED) is 0.806. The van der Waals surface area contributed by atoms with Crippen LogP contribution in [0.5, 0.6) is 17.2 Å². The molecular formula is C17H13F3O3. The predicted octanol–water partition coefficient (Wildman–Crippen LogP) is 4.90. The molecule has 6 heteroatoms. The van der Waals surface area contributed by atoms with Gasteiger partial charge in [-0.3, -0.25) is 4.79 Å². The molecule has 0 heterocycles. The summed E-state index contributed by atoms with van der Waals surface area (Å²) < 4.78 is 45.7. The molecule has 1 aliphatic carbocycles. The number of hydrogen-bond donors (Lipinski definition) is 0. The Morgan fingerprint density at radius 3 is 2.22 bits per heavy atom. The van der Waals surface area contributed by atoms with Gasteiger partial charge in [-0.05, 0) is 60.9 Å². The van der Waals surface area contributed by atoms with Crippen LogP contribution in [0.2, 0.25) is 0 Å². The number of carbonyl (C=O) groups excluding carboxylic acids is 1. The van der Waals surface area contributed by atoms with Crippen LogP contribution in [-0.4, -0.2) is 12.1 Å². The van der Waals surface area contributed by atoms with Gasteiger partial charge in [-0.1, -0.05) is 0 Å². The first-order chi connectivity index (χ1) is 10.9. The summed E-state index contributed by atoms with van der Waals surface area (Å²) in [5, 5.41) is 0. The number of fused-ring (bicyclic) bond motifs is 1. The second-order valence-electron chi connectivity index (χ2n) is 5.22. The molecule has 2 aromatic carbocycles. The lowest BCUT2D eigenvalue weighted by atomic mass is 9.90. The standard InChI is InChI=1S/C17H13F3O3/c18-17(19,20)23-13-6-4-12(5-7-13)22-14-8-9-15-11(10-14)2-1-3-16(15)21/h4-10H,1-3H2. The fraction of sp³-hybridized carbons (Fsp3) is 0.235. The minimum Gasteiger partial charge on any atom is -0.457 e. The topological polar surface area (TPSA) is 35.5 Å². The highest BCUT2D eigenvalue weighted by Gasteiger charge is 2.31. The third kappa shape index (κ3) is 3.83. The Morgan fingerprint density at radius 2 is 1.52 bits per heavy atom. The van der Waals surface area contributed by atoms with Gasteiger partial charge in [-0.15, -0.1) is 13.2 Å². The fourth-order valence-corrected chi connectivity index (χ4v) is 2.53. The number of ether oxygens (including phenoxy) is 2. The van der Waals surface area contributed by atoms with E-state index in [1.807, 2.05) is 0 Å². The van der Waals surface area contributed by atoms with Gasteiger partial charge in [0.25, 0.3) is 0 Å². The van der Waals surface area contributed by atoms with E-state index in [-0.39, 0.29) is 11.5 Å². The molecule has 0 aromatic heterocycles. The largest absolute Gasteiger partial charge is 0.573 e. The average molecular weight is 322 g/mol. The number of Topliss-reactive ketones (excluding diaryl/α,β-unsaturated/α-hetero) is 1. The smallest absolute Gasteiger partial charge is 0.457 e. The predicted molar refractivity (Wildman–Crippen MR) is 76.9 cm³/mol. The van der Waals surface area contributed by atoms with E-state index in [0.29, 0.717) is 17.9 Å². The molecule has 0 bridgehead atoms. The van der Waals surface area contributed by atoms with Crippen molar-refractivity contribution in [2.45, 2.75) is 25.6 Å². The van der Waals surface area contributed by atoms with Gasteiger partial charge in [-0.25, -0.2) is 0 Å². The van der Waals surface area contributed by atoms with Gasteiger partial charge in [0.05, 0.1) is 0 Å². The molecule has 3 nitrogen and oxygen atoms in total. The molecule has 0 fully saturated rings. The molecule has 0 radical (unpaired) electrons. The maximum absolute atomic E-state index is 12.1. The Bertz CT molecular complexity index is 721. The zero-order valence-electron chi connectivity index (χ0n) is 12.0. The highest BCUT2D eigenvalue weighted by Crippen LogP contribution is 2.30. The van der Waals surface area contributed by atoms with Crippen molar-refractivity contribution >= 4 is 5.78 Å². The van der Waals surface area contributed by atoms with Gasteiger partial charge in [0, 0.05) is 12.0 Å². The summed E-state index contributed by atoms with van der Waals surface area (Å²) in [6.45, 7) is 0. The van der Waals surface area contributed by atoms with Gasteiger partial charge in [0.15, 0.2) is 5.78 Å². The second-order valence-corrected chi connectivity index (χ2v) is 5.22. The molecule has 3 rings (SSSR count). The number of carbonyl (C=O) groups is 1. The van der Waals surface area contributed by atoms with Crippen LogP contribution in [0.1, 0.15) is 28.8 Å². The molecule has 120 valence electrons. The highest BCUT2D eigenvalue weighted by molar-refractivity contribution is 5.98. The summed E-state index contributed by atoms with van der Waals surface area (Å²) in [6, 6.07) is 10.4. The van der Waals surface area contributed by atoms with Crippen LogP contribution < -0.4 is 9.47 Å². The molecule has 0 saturated carbocycles. The number of alkyl halides is 3. The van der Waals surface area contributed by atoms with Crippen molar-refractivity contribution in [1.82, 2.24) is 0 Å². The fourth-order valence-electron chi connectivity index (χ4n) is 2.53. The van der Waals surface area contributed by atoms with E-state index in [0.717, 1.165) is 24.0 Å². The Hall–Kier alpha value is -2.50. The summed E-state index contributed by atoms with van der Waals surface area (Å²) in [5.74, 6) is 0.761. The van der Waals surface area contributed by atoms with Crippen molar-refractivity contribution in [3.63, 3.8) is 0 Å². The normalized spacial score (nSPS) is 14.3. The maximum atomic E-state index is 12.1. The molecule has 0 saturated heterocycles. The van der Waals surface area contributed by atoms with Crippen molar-refractivity contribution in [1.29, 1.82) is 0 Å². The van der Waals surface area contributed by atoms with Gasteiger partial charge in [0.1, 0.15) is 17.2 Å². The lowest BCUT2D eigenvalue weighted by Crippen LogP contribution is -2.16. The van der Waals surface area contributed by atoms with Crippen LogP contribution in [0.4, 0.5) is 13.2 Å². The van der Waals surface area contributed by atoms with Crippen molar-refractivity contribution in [2.75, 3.05) is 0 Å². The monoisotopic (exact) mass is 322 g/mol. The molecule has 1 aliphatic rings. The van der Waals surface area contributed by atoms with Crippen molar-refractivity contribution in [3.8, 4) is 17.2 Å². The molecule has 2 aromatic rings. The SMILES string of the molecule is O=C1CCCc2cc(Oc3ccc(OC(F)(F)F)cc3)ccc21. The first-order valence-corrected chi connectivity index (χ1v) is 7.10. The Morgan fingerprint density at radius 1 is 0.870 bits per heavy atom. The number of benzene rings is 2. The van der Waals surface area contributed by atoms with Gasteiger partial charge >= 0.3 is 6.36 Å². The number of halogens is 3. The van der Waals surface area contributed by atoms with Crippen LogP contribution in [0.25, 0.3) is 0 Å². The van der Waals surface area contributed by atoms with Crippen LogP contribution in [-0.2, 0) is 6.42 Å². The summed E-state index contributed by atoms with van der Waals surface area (Å²) in [4.78, 5) is 11.8. The van der Waals surface area contributed by atoms with Gasteiger partial charge in [-0.2, -0.15) is 0 Å². The summed E-state index contributed by atoms with van der Waals surface area (Å²) >= 11 is 0. The summed E-state index contributed by atoms with van der Waals surface area (Å²) in [7, 11) is 0. The van der Waals surface area contributed by atoms with E-state index < -0.39 is 6.36 Å². The molecule has 0 spiro atoms. The van der Waals surface area contributed by atoms with E-state index in [9.17, 15) is 18.0 Å². The number of rotatable bonds is 3. The Kier molecular flexibility index (Phi) is 3.98. The lowest BCUT2D eigenvalue weighted by Gasteiger charge is -2.16. The number of aryl methyl sites for hydroxylation is 1. The Labute approximate surface area is 130 Å². The molecule has 0 aliphatic heterocycles. The van der Waals surface area contributed by atoms with E-state index >= 15 is 0 Å². The van der Waals surface area contributed by atoms with Gasteiger partial charge < -0.3 is 9.47 Å². The maximum Gasteiger partial charge on any atom is 0.573 e. The van der Waals surface area contributed by atoms with Crippen LogP contribution in [0.15, 0.2) is 42.5 Å². The van der Waals surface area contributed by atoms with E-state index in [1.165, 1.54) is 24.3 Å². The Balaban J connectivity index is 1.73. The molecule has 23 heavy (non-hydrogen) atoms. The minimum atomic E-state index is -4.71.